The quantitative estimate of drug-likeness (QED) is 0.443. The highest BCUT2D eigenvalue weighted by atomic mass is 35.5. The third kappa shape index (κ3) is 3.82. The van der Waals surface area contributed by atoms with E-state index in [1.54, 1.807) is 18.2 Å². The molecule has 0 N–H and O–H groups in total. The van der Waals surface area contributed by atoms with Crippen molar-refractivity contribution in [1.29, 1.82) is 0 Å². The molecule has 17 heavy (non-hydrogen) atoms. The zero-order valence-electron chi connectivity index (χ0n) is 9.56. The van der Waals surface area contributed by atoms with E-state index in [-0.39, 0.29) is 18.0 Å². The Morgan fingerprint density at radius 1 is 1.47 bits per heavy atom. The predicted molar refractivity (Wildman–Crippen MR) is 66.2 cm³/mol. The fourth-order valence-corrected chi connectivity index (χ4v) is 2.09. The number of nitro groups is 1. The lowest BCUT2D eigenvalue weighted by molar-refractivity contribution is -0.385. The molecule has 1 aromatic rings. The van der Waals surface area contributed by atoms with E-state index < -0.39 is 10.2 Å². The lowest BCUT2D eigenvalue weighted by atomic mass is 9.90. The van der Waals surface area contributed by atoms with Crippen molar-refractivity contribution >= 4 is 22.5 Å². The van der Waals surface area contributed by atoms with Gasteiger partial charge in [-0.25, -0.2) is 0 Å². The van der Waals surface area contributed by atoms with Crippen molar-refractivity contribution in [3.8, 4) is 0 Å². The van der Waals surface area contributed by atoms with Crippen LogP contribution in [0, 0.1) is 10.1 Å². The number of rotatable bonds is 6. The van der Waals surface area contributed by atoms with Crippen molar-refractivity contribution in [2.24, 2.45) is 0 Å². The molecule has 4 nitrogen and oxygen atoms in total. The van der Waals surface area contributed by atoms with E-state index in [1.807, 2.05) is 6.92 Å². The Kier molecular flexibility index (Phi) is 5.10. The lowest BCUT2D eigenvalue weighted by Crippen LogP contribution is -2.06. The molecule has 5 heteroatoms. The molecule has 1 rings (SSSR count). The summed E-state index contributed by atoms with van der Waals surface area (Å²) in [7, 11) is 0. The molecule has 0 aliphatic rings. The van der Waals surface area contributed by atoms with Crippen molar-refractivity contribution in [1.82, 2.24) is 0 Å². The normalized spacial score (nSPS) is 12.1. The molecule has 1 unspecified atom stereocenters. The summed E-state index contributed by atoms with van der Waals surface area (Å²) in [4.78, 5) is 21.5. The van der Waals surface area contributed by atoms with Gasteiger partial charge < -0.3 is 0 Å². The smallest absolute Gasteiger partial charge is 0.272 e. The van der Waals surface area contributed by atoms with Crippen LogP contribution in [0.3, 0.4) is 0 Å². The second kappa shape index (κ2) is 6.35. The van der Waals surface area contributed by atoms with Crippen molar-refractivity contribution in [3.63, 3.8) is 0 Å². The molecule has 0 radical (unpaired) electrons. The van der Waals surface area contributed by atoms with Gasteiger partial charge in [0.15, 0.2) is 0 Å². The van der Waals surface area contributed by atoms with E-state index >= 15 is 0 Å². The van der Waals surface area contributed by atoms with Gasteiger partial charge in [-0.1, -0.05) is 31.5 Å². The number of hydrogen-bond acceptors (Lipinski definition) is 3. The average molecular weight is 256 g/mol. The van der Waals surface area contributed by atoms with Crippen LogP contribution in [-0.4, -0.2) is 10.2 Å². The van der Waals surface area contributed by atoms with Crippen LogP contribution in [0.5, 0.6) is 0 Å². The summed E-state index contributed by atoms with van der Waals surface area (Å²) in [6.07, 6.45) is 1.70. The maximum absolute atomic E-state index is 11.0. The first-order chi connectivity index (χ1) is 8.06. The third-order valence-electron chi connectivity index (χ3n) is 2.62. The van der Waals surface area contributed by atoms with Gasteiger partial charge in [-0.15, -0.1) is 0 Å². The maximum Gasteiger partial charge on any atom is 0.272 e. The van der Waals surface area contributed by atoms with E-state index in [9.17, 15) is 14.9 Å². The van der Waals surface area contributed by atoms with Crippen LogP contribution in [0.4, 0.5) is 5.69 Å². The number of para-hydroxylation sites is 1. The number of carbonyl (C=O) groups is 1. The van der Waals surface area contributed by atoms with Gasteiger partial charge in [0.25, 0.3) is 5.69 Å². The van der Waals surface area contributed by atoms with Crippen LogP contribution in [-0.2, 0) is 4.79 Å². The SMILES string of the molecule is CCCC(CC(=O)Cl)c1ccccc1[N+](=O)[O-]. The molecule has 0 bridgehead atoms. The Morgan fingerprint density at radius 3 is 2.65 bits per heavy atom. The molecule has 1 aromatic carbocycles. The van der Waals surface area contributed by atoms with Gasteiger partial charge in [-0.05, 0) is 23.9 Å². The summed E-state index contributed by atoms with van der Waals surface area (Å²) in [6.45, 7) is 1.97. The highest BCUT2D eigenvalue weighted by Crippen LogP contribution is 2.32. The molecule has 0 aromatic heterocycles. The van der Waals surface area contributed by atoms with Gasteiger partial charge in [-0.3, -0.25) is 14.9 Å². The Labute approximate surface area is 105 Å². The molecule has 0 spiro atoms. The van der Waals surface area contributed by atoms with Crippen LogP contribution in [0.25, 0.3) is 0 Å². The number of carbonyl (C=O) groups excluding carboxylic acids is 1. The van der Waals surface area contributed by atoms with Crippen LogP contribution >= 0.6 is 11.6 Å². The summed E-state index contributed by atoms with van der Waals surface area (Å²) in [5.74, 6) is -0.174. The van der Waals surface area contributed by atoms with E-state index in [0.29, 0.717) is 12.0 Å². The number of hydrogen-bond donors (Lipinski definition) is 0. The minimum absolute atomic E-state index is 0.0591. The number of benzene rings is 1. The number of nitrogens with zero attached hydrogens (tertiary/aromatic N) is 1. The minimum atomic E-state index is -0.457. The molecule has 1 atom stereocenters. The zero-order valence-corrected chi connectivity index (χ0v) is 10.3. The Hall–Kier alpha value is -1.42. The molecular formula is C12H14ClNO3. The summed E-state index contributed by atoms with van der Waals surface area (Å²) in [5, 5.41) is 10.4. The molecular weight excluding hydrogens is 242 g/mol. The van der Waals surface area contributed by atoms with Gasteiger partial charge in [0.05, 0.1) is 4.92 Å². The van der Waals surface area contributed by atoms with Gasteiger partial charge in [-0.2, -0.15) is 0 Å². The second-order valence-corrected chi connectivity index (χ2v) is 4.28. The maximum atomic E-state index is 11.0. The topological polar surface area (TPSA) is 60.2 Å². The molecule has 0 fully saturated rings. The molecule has 92 valence electrons. The highest BCUT2D eigenvalue weighted by Gasteiger charge is 2.22. The van der Waals surface area contributed by atoms with Crippen LogP contribution in [0.2, 0.25) is 0 Å². The van der Waals surface area contributed by atoms with Gasteiger partial charge in [0, 0.05) is 18.1 Å². The van der Waals surface area contributed by atoms with Crippen molar-refractivity contribution in [3.05, 3.63) is 39.9 Å². The first-order valence-electron chi connectivity index (χ1n) is 5.48. The van der Waals surface area contributed by atoms with Gasteiger partial charge in [0.1, 0.15) is 0 Å². The monoisotopic (exact) mass is 255 g/mol. The first kappa shape index (κ1) is 13.6. The van der Waals surface area contributed by atoms with Crippen LogP contribution in [0.15, 0.2) is 24.3 Å². The minimum Gasteiger partial charge on any atom is -0.281 e. The summed E-state index contributed by atoms with van der Waals surface area (Å²) in [5.41, 5.74) is 0.650. The zero-order chi connectivity index (χ0) is 12.8. The van der Waals surface area contributed by atoms with E-state index in [4.69, 9.17) is 11.6 Å². The largest absolute Gasteiger partial charge is 0.281 e. The first-order valence-corrected chi connectivity index (χ1v) is 5.85. The summed E-state index contributed by atoms with van der Waals surface area (Å²) in [6, 6.07) is 6.51. The van der Waals surface area contributed by atoms with Gasteiger partial charge in [0.2, 0.25) is 5.24 Å². The van der Waals surface area contributed by atoms with E-state index in [0.717, 1.165) is 6.42 Å². The summed E-state index contributed by atoms with van der Waals surface area (Å²) < 4.78 is 0. The van der Waals surface area contributed by atoms with Crippen molar-refractivity contribution < 1.29 is 9.72 Å². The fraction of sp³-hybridized carbons (Fsp3) is 0.417. The summed E-state index contributed by atoms with van der Waals surface area (Å²) >= 11 is 5.38. The Morgan fingerprint density at radius 2 is 2.12 bits per heavy atom. The molecule has 0 amide bonds. The molecule has 0 aliphatic carbocycles. The standard InChI is InChI=1S/C12H14ClNO3/c1-2-5-9(8-12(13)15)10-6-3-4-7-11(10)14(16)17/h3-4,6-7,9H,2,5,8H2,1H3. The predicted octanol–water partition coefficient (Wildman–Crippen LogP) is 3.63. The van der Waals surface area contributed by atoms with Crippen LogP contribution < -0.4 is 0 Å². The molecule has 0 saturated carbocycles. The third-order valence-corrected chi connectivity index (χ3v) is 2.77. The number of nitro benzene ring substituents is 1. The van der Waals surface area contributed by atoms with E-state index in [1.165, 1.54) is 6.07 Å². The van der Waals surface area contributed by atoms with Crippen LogP contribution in [0.1, 0.15) is 37.7 Å². The lowest BCUT2D eigenvalue weighted by Gasteiger charge is -2.14. The van der Waals surface area contributed by atoms with Gasteiger partial charge >= 0.3 is 0 Å². The number of halogens is 1. The average Bonchev–Trinajstić information content (AvgIpc) is 2.28. The van der Waals surface area contributed by atoms with Crippen molar-refractivity contribution in [2.45, 2.75) is 32.1 Å². The molecule has 0 heterocycles. The van der Waals surface area contributed by atoms with Crippen molar-refractivity contribution in [2.75, 3.05) is 0 Å². The molecule has 0 saturated heterocycles. The Balaban J connectivity index is 3.08. The fourth-order valence-electron chi connectivity index (χ4n) is 1.91. The highest BCUT2D eigenvalue weighted by molar-refractivity contribution is 6.63. The molecule has 0 aliphatic heterocycles. The second-order valence-electron chi connectivity index (χ2n) is 3.86. The Bertz CT molecular complexity index is 420. The van der Waals surface area contributed by atoms with E-state index in [2.05, 4.69) is 0 Å².